The Morgan fingerprint density at radius 2 is 1.62 bits per heavy atom. The number of benzene rings is 3. The predicted molar refractivity (Wildman–Crippen MR) is 153 cm³/mol. The zero-order chi connectivity index (χ0) is 28.1. The molecule has 2 aromatic heterocycles. The van der Waals surface area contributed by atoms with E-state index >= 15 is 0 Å². The molecule has 2 heterocycles. The summed E-state index contributed by atoms with van der Waals surface area (Å²) in [5, 5.41) is 21.3. The van der Waals surface area contributed by atoms with Gasteiger partial charge in [0.05, 0.1) is 16.7 Å². The maximum Gasteiger partial charge on any atom is 0.251 e. The van der Waals surface area contributed by atoms with E-state index in [0.717, 1.165) is 5.56 Å². The molecule has 9 nitrogen and oxygen atoms in total. The third kappa shape index (κ3) is 5.67. The number of anilines is 1. The summed E-state index contributed by atoms with van der Waals surface area (Å²) in [6, 6.07) is 21.4. The summed E-state index contributed by atoms with van der Waals surface area (Å²) >= 11 is 6.07. The van der Waals surface area contributed by atoms with Crippen LogP contribution in [-0.2, 0) is 0 Å². The van der Waals surface area contributed by atoms with Gasteiger partial charge >= 0.3 is 0 Å². The fourth-order valence-corrected chi connectivity index (χ4v) is 4.29. The number of aromatic nitrogens is 4. The topological polar surface area (TPSA) is 126 Å². The molecule has 0 fully saturated rings. The van der Waals surface area contributed by atoms with Crippen molar-refractivity contribution in [1.82, 2.24) is 25.1 Å². The number of carbonyl (C=O) groups is 2. The molecule has 0 spiro atoms. The SMILES string of the molecule is Cc1ccc(C(=O)c2nn(-c3ccc(Cl)cc3)c(NCCCNC(=O)c3ccc4nccnc4c3)c2C#N)cc1. The zero-order valence-electron chi connectivity index (χ0n) is 21.6. The van der Waals surface area contributed by atoms with Gasteiger partial charge in [0.15, 0.2) is 5.69 Å². The van der Waals surface area contributed by atoms with Crippen LogP contribution in [0.5, 0.6) is 0 Å². The Hall–Kier alpha value is -5.07. The van der Waals surface area contributed by atoms with Gasteiger partial charge in [-0.25, -0.2) is 4.68 Å². The Bertz CT molecular complexity index is 1740. The third-order valence-corrected chi connectivity index (χ3v) is 6.51. The number of fused-ring (bicyclic) bond motifs is 1. The van der Waals surface area contributed by atoms with Crippen LogP contribution >= 0.6 is 11.6 Å². The molecule has 0 saturated heterocycles. The van der Waals surface area contributed by atoms with Crippen LogP contribution in [-0.4, -0.2) is 44.5 Å². The van der Waals surface area contributed by atoms with Gasteiger partial charge < -0.3 is 10.6 Å². The normalized spacial score (nSPS) is 10.7. The summed E-state index contributed by atoms with van der Waals surface area (Å²) in [5.74, 6) is -0.179. The van der Waals surface area contributed by atoms with Crippen LogP contribution in [0.2, 0.25) is 5.02 Å². The lowest BCUT2D eigenvalue weighted by atomic mass is 10.0. The second-order valence-electron chi connectivity index (χ2n) is 9.06. The molecule has 0 unspecified atom stereocenters. The van der Waals surface area contributed by atoms with E-state index < -0.39 is 0 Å². The number of rotatable bonds is 9. The number of nitriles is 1. The number of aryl methyl sites for hydroxylation is 1. The molecule has 3 aromatic carbocycles. The number of amides is 1. The second-order valence-corrected chi connectivity index (χ2v) is 9.50. The highest BCUT2D eigenvalue weighted by atomic mass is 35.5. The first kappa shape index (κ1) is 26.5. The fourth-order valence-electron chi connectivity index (χ4n) is 4.16. The van der Waals surface area contributed by atoms with Crippen molar-refractivity contribution in [3.8, 4) is 11.8 Å². The molecule has 5 rings (SSSR count). The molecule has 0 radical (unpaired) electrons. The van der Waals surface area contributed by atoms with E-state index in [9.17, 15) is 14.9 Å². The molecular formula is C30H24ClN7O2. The van der Waals surface area contributed by atoms with E-state index in [0.29, 0.717) is 58.2 Å². The zero-order valence-corrected chi connectivity index (χ0v) is 22.3. The minimum Gasteiger partial charge on any atom is -0.369 e. The molecule has 198 valence electrons. The Balaban J connectivity index is 1.32. The summed E-state index contributed by atoms with van der Waals surface area (Å²) < 4.78 is 1.53. The smallest absolute Gasteiger partial charge is 0.251 e. The van der Waals surface area contributed by atoms with Gasteiger partial charge in [0, 0.05) is 41.6 Å². The number of carbonyl (C=O) groups excluding carboxylic acids is 2. The van der Waals surface area contributed by atoms with Crippen LogP contribution < -0.4 is 10.6 Å². The van der Waals surface area contributed by atoms with Crippen LogP contribution in [0.25, 0.3) is 16.7 Å². The van der Waals surface area contributed by atoms with Crippen LogP contribution in [0, 0.1) is 18.3 Å². The Labute approximate surface area is 235 Å². The van der Waals surface area contributed by atoms with Crippen molar-refractivity contribution < 1.29 is 9.59 Å². The number of hydrogen-bond acceptors (Lipinski definition) is 7. The number of ketones is 1. The van der Waals surface area contributed by atoms with Crippen LogP contribution in [0.1, 0.15) is 44.0 Å². The van der Waals surface area contributed by atoms with Crippen molar-refractivity contribution in [1.29, 1.82) is 5.26 Å². The van der Waals surface area contributed by atoms with Gasteiger partial charge in [-0.2, -0.15) is 10.4 Å². The second kappa shape index (κ2) is 11.8. The van der Waals surface area contributed by atoms with Crippen LogP contribution in [0.4, 0.5) is 5.82 Å². The molecule has 0 bridgehead atoms. The summed E-state index contributed by atoms with van der Waals surface area (Å²) in [5.41, 5.74) is 4.15. The number of hydrogen-bond donors (Lipinski definition) is 2. The van der Waals surface area contributed by atoms with Crippen LogP contribution in [0.15, 0.2) is 79.1 Å². The minimum absolute atomic E-state index is 0.0523. The standard InChI is InChI=1S/C30H24ClN7O2/c1-19-3-5-20(6-4-19)28(39)27-24(18-32)29(38(37-27)23-10-8-22(31)9-11-23)35-13-2-14-36-30(40)21-7-12-25-26(17-21)34-16-15-33-25/h3-12,15-17,35H,2,13-14H2,1H3,(H,36,40). The molecule has 1 amide bonds. The fraction of sp³-hybridized carbons (Fsp3) is 0.133. The maximum absolute atomic E-state index is 13.3. The van der Waals surface area contributed by atoms with Crippen molar-refractivity contribution in [2.45, 2.75) is 13.3 Å². The quantitative estimate of drug-likeness (QED) is 0.193. The van der Waals surface area contributed by atoms with Gasteiger partial charge in [-0.3, -0.25) is 19.6 Å². The molecule has 0 aliphatic carbocycles. The minimum atomic E-state index is -0.348. The Morgan fingerprint density at radius 3 is 2.35 bits per heavy atom. The molecule has 10 heteroatoms. The molecular weight excluding hydrogens is 526 g/mol. The summed E-state index contributed by atoms with van der Waals surface area (Å²) in [4.78, 5) is 34.4. The van der Waals surface area contributed by atoms with Gasteiger partial charge in [0.25, 0.3) is 5.91 Å². The third-order valence-electron chi connectivity index (χ3n) is 6.26. The first-order valence-corrected chi connectivity index (χ1v) is 13.0. The van der Waals surface area contributed by atoms with Gasteiger partial charge in [-0.1, -0.05) is 41.4 Å². The van der Waals surface area contributed by atoms with E-state index in [2.05, 4.69) is 31.8 Å². The summed E-state index contributed by atoms with van der Waals surface area (Å²) in [7, 11) is 0. The van der Waals surface area contributed by atoms with E-state index in [4.69, 9.17) is 11.6 Å². The lowest BCUT2D eigenvalue weighted by molar-refractivity contribution is 0.0953. The number of nitrogens with one attached hydrogen (secondary N) is 2. The monoisotopic (exact) mass is 549 g/mol. The van der Waals surface area contributed by atoms with Gasteiger partial charge in [-0.15, -0.1) is 0 Å². The molecule has 5 aromatic rings. The van der Waals surface area contributed by atoms with Gasteiger partial charge in [0.2, 0.25) is 5.78 Å². The Morgan fingerprint density at radius 1 is 0.925 bits per heavy atom. The lowest BCUT2D eigenvalue weighted by Gasteiger charge is -2.11. The van der Waals surface area contributed by atoms with Crippen molar-refractivity contribution in [3.63, 3.8) is 0 Å². The first-order valence-electron chi connectivity index (χ1n) is 12.6. The van der Waals surface area contributed by atoms with Crippen molar-refractivity contribution >= 4 is 40.1 Å². The highest BCUT2D eigenvalue weighted by Gasteiger charge is 2.25. The predicted octanol–water partition coefficient (Wildman–Crippen LogP) is 5.11. The maximum atomic E-state index is 13.3. The van der Waals surface area contributed by atoms with Crippen molar-refractivity contribution in [3.05, 3.63) is 112 Å². The first-order chi connectivity index (χ1) is 19.4. The number of nitrogens with zero attached hydrogens (tertiary/aromatic N) is 5. The molecule has 2 N–H and O–H groups in total. The van der Waals surface area contributed by atoms with Gasteiger partial charge in [-0.05, 0) is 55.8 Å². The molecule has 0 aliphatic rings. The van der Waals surface area contributed by atoms with E-state index in [-0.39, 0.29) is 22.9 Å². The Kier molecular flexibility index (Phi) is 7.80. The van der Waals surface area contributed by atoms with E-state index in [1.165, 1.54) is 4.68 Å². The molecule has 0 atom stereocenters. The van der Waals surface area contributed by atoms with E-state index in [1.54, 1.807) is 67.0 Å². The van der Waals surface area contributed by atoms with Crippen molar-refractivity contribution in [2.24, 2.45) is 0 Å². The molecule has 40 heavy (non-hydrogen) atoms. The molecule has 0 saturated carbocycles. The van der Waals surface area contributed by atoms with Crippen LogP contribution in [0.3, 0.4) is 0 Å². The average molecular weight is 550 g/mol. The highest BCUT2D eigenvalue weighted by Crippen LogP contribution is 2.26. The molecule has 0 aliphatic heterocycles. The largest absolute Gasteiger partial charge is 0.369 e. The summed E-state index contributed by atoms with van der Waals surface area (Å²) in [6.07, 6.45) is 3.74. The summed E-state index contributed by atoms with van der Waals surface area (Å²) in [6.45, 7) is 2.73. The lowest BCUT2D eigenvalue weighted by Crippen LogP contribution is -2.26. The van der Waals surface area contributed by atoms with Gasteiger partial charge in [0.1, 0.15) is 17.5 Å². The average Bonchev–Trinajstić information content (AvgIpc) is 3.35. The van der Waals surface area contributed by atoms with Crippen molar-refractivity contribution in [2.75, 3.05) is 18.4 Å². The highest BCUT2D eigenvalue weighted by molar-refractivity contribution is 6.30. The van der Waals surface area contributed by atoms with E-state index in [1.807, 2.05) is 19.1 Å². The number of halogens is 1.